The molecule has 0 radical (unpaired) electrons. The fourth-order valence-electron chi connectivity index (χ4n) is 5.48. The number of nitrogens with one attached hydrogen (secondary N) is 1. The van der Waals surface area contributed by atoms with Gasteiger partial charge in [0.15, 0.2) is 0 Å². The molecule has 144 valence electrons. The quantitative estimate of drug-likeness (QED) is 0.868. The molecule has 1 aromatic rings. The monoisotopic (exact) mass is 361 g/mol. The van der Waals surface area contributed by atoms with E-state index in [9.17, 15) is 9.50 Å². The molecule has 1 aromatic carbocycles. The molecule has 0 spiro atoms. The number of rotatable bonds is 3. The first-order valence-electron chi connectivity index (χ1n) is 10.2. The third-order valence-corrected chi connectivity index (χ3v) is 7.00. The van der Waals surface area contributed by atoms with Crippen LogP contribution >= 0.6 is 0 Å². The molecule has 26 heavy (non-hydrogen) atoms. The van der Waals surface area contributed by atoms with E-state index in [-0.39, 0.29) is 11.2 Å². The number of benzene rings is 1. The van der Waals surface area contributed by atoms with Gasteiger partial charge in [-0.25, -0.2) is 4.39 Å². The molecule has 0 bridgehead atoms. The van der Waals surface area contributed by atoms with E-state index in [1.54, 1.807) is 12.1 Å². The first-order chi connectivity index (χ1) is 12.6. The zero-order valence-electron chi connectivity index (χ0n) is 15.9. The first-order valence-corrected chi connectivity index (χ1v) is 10.2. The molecular formula is C21H32FN3O. The van der Waals surface area contributed by atoms with Crippen LogP contribution in [0.2, 0.25) is 0 Å². The molecule has 3 aliphatic rings. The lowest BCUT2D eigenvalue weighted by atomic mass is 9.70. The maximum absolute atomic E-state index is 13.4. The molecule has 2 atom stereocenters. The van der Waals surface area contributed by atoms with Gasteiger partial charge >= 0.3 is 0 Å². The van der Waals surface area contributed by atoms with Crippen LogP contribution in [-0.4, -0.2) is 61.4 Å². The van der Waals surface area contributed by atoms with Gasteiger partial charge < -0.3 is 15.3 Å². The Bertz CT molecular complexity index is 632. The van der Waals surface area contributed by atoms with Crippen molar-refractivity contribution in [3.8, 4) is 0 Å². The highest BCUT2D eigenvalue weighted by atomic mass is 19.1. The highest BCUT2D eigenvalue weighted by Gasteiger charge is 2.45. The molecule has 0 unspecified atom stereocenters. The predicted octanol–water partition coefficient (Wildman–Crippen LogP) is 2.54. The summed E-state index contributed by atoms with van der Waals surface area (Å²) in [5.74, 6) is -0.153. The van der Waals surface area contributed by atoms with Crippen molar-refractivity contribution in [1.82, 2.24) is 10.2 Å². The number of nitrogens with zero attached hydrogens (tertiary/aromatic N) is 2. The summed E-state index contributed by atoms with van der Waals surface area (Å²) < 4.78 is 13.4. The number of fused-ring (bicyclic) bond motifs is 1. The Morgan fingerprint density at radius 2 is 2.04 bits per heavy atom. The van der Waals surface area contributed by atoms with Gasteiger partial charge in [-0.15, -0.1) is 0 Å². The van der Waals surface area contributed by atoms with Crippen molar-refractivity contribution in [3.63, 3.8) is 0 Å². The topological polar surface area (TPSA) is 38.7 Å². The van der Waals surface area contributed by atoms with Crippen molar-refractivity contribution >= 4 is 5.69 Å². The Morgan fingerprint density at radius 3 is 2.77 bits per heavy atom. The summed E-state index contributed by atoms with van der Waals surface area (Å²) in [4.78, 5) is 5.05. The van der Waals surface area contributed by atoms with Gasteiger partial charge in [0.1, 0.15) is 5.82 Å². The van der Waals surface area contributed by atoms with Crippen LogP contribution in [0.25, 0.3) is 0 Å². The number of halogens is 1. The fourth-order valence-corrected chi connectivity index (χ4v) is 5.48. The van der Waals surface area contributed by atoms with Gasteiger partial charge in [-0.3, -0.25) is 4.90 Å². The first kappa shape index (κ1) is 18.2. The average Bonchev–Trinajstić information content (AvgIpc) is 2.68. The molecule has 2 N–H and O–H groups in total. The number of hydrogen-bond donors (Lipinski definition) is 2. The Balaban J connectivity index is 1.39. The van der Waals surface area contributed by atoms with Crippen molar-refractivity contribution < 1.29 is 9.50 Å². The van der Waals surface area contributed by atoms with Crippen LogP contribution in [0.3, 0.4) is 0 Å². The Kier molecular flexibility index (Phi) is 5.22. The van der Waals surface area contributed by atoms with Crippen molar-refractivity contribution in [2.24, 2.45) is 5.41 Å². The second-order valence-electron chi connectivity index (χ2n) is 8.54. The van der Waals surface area contributed by atoms with Crippen LogP contribution in [0.15, 0.2) is 18.2 Å². The molecule has 0 amide bonds. The summed E-state index contributed by atoms with van der Waals surface area (Å²) in [6, 6.07) is 6.22. The van der Waals surface area contributed by atoms with Gasteiger partial charge in [0.2, 0.25) is 0 Å². The van der Waals surface area contributed by atoms with E-state index in [1.807, 2.05) is 13.0 Å². The lowest BCUT2D eigenvalue weighted by Crippen LogP contribution is -2.63. The zero-order valence-corrected chi connectivity index (χ0v) is 15.9. The maximum atomic E-state index is 13.4. The summed E-state index contributed by atoms with van der Waals surface area (Å²) in [7, 11) is 0. The maximum Gasteiger partial charge on any atom is 0.123 e. The third kappa shape index (κ3) is 3.37. The standard InChI is InChI=1S/C21H32FN3O/c1-16-13-17(22)3-4-19(16)24-10-5-18(6-11-24)25-12-7-20-21(14-25,15-26)8-2-9-23-20/h3-4,13,18,20,23,26H,2,5-12,14-15H2,1H3/t20-,21-/m1/s1. The van der Waals surface area contributed by atoms with Gasteiger partial charge in [0, 0.05) is 42.8 Å². The number of hydrogen-bond acceptors (Lipinski definition) is 4. The molecule has 0 aromatic heterocycles. The number of aliphatic hydroxyl groups is 1. The van der Waals surface area contributed by atoms with E-state index in [1.165, 1.54) is 12.1 Å². The van der Waals surface area contributed by atoms with E-state index >= 15 is 0 Å². The molecule has 5 heteroatoms. The number of likely N-dealkylation sites (tertiary alicyclic amines) is 1. The van der Waals surface area contributed by atoms with E-state index in [0.717, 1.165) is 64.0 Å². The molecule has 3 heterocycles. The van der Waals surface area contributed by atoms with Crippen LogP contribution in [0.5, 0.6) is 0 Å². The number of piperidine rings is 3. The zero-order chi connectivity index (χ0) is 18.1. The average molecular weight is 362 g/mol. The number of anilines is 1. The van der Waals surface area contributed by atoms with E-state index in [2.05, 4.69) is 15.1 Å². The smallest absolute Gasteiger partial charge is 0.123 e. The lowest BCUT2D eigenvalue weighted by molar-refractivity contribution is -0.0370. The Hall–Kier alpha value is -1.17. The van der Waals surface area contributed by atoms with Crippen LogP contribution in [0, 0.1) is 18.2 Å². The predicted molar refractivity (Wildman–Crippen MR) is 103 cm³/mol. The van der Waals surface area contributed by atoms with Gasteiger partial charge in [-0.1, -0.05) is 0 Å². The van der Waals surface area contributed by atoms with Crippen molar-refractivity contribution in [2.45, 2.75) is 51.1 Å². The third-order valence-electron chi connectivity index (χ3n) is 7.00. The molecule has 3 aliphatic heterocycles. The summed E-state index contributed by atoms with van der Waals surface area (Å²) in [6.45, 7) is 7.62. The van der Waals surface area contributed by atoms with Gasteiger partial charge in [-0.05, 0) is 75.9 Å². The van der Waals surface area contributed by atoms with Crippen molar-refractivity contribution in [3.05, 3.63) is 29.6 Å². The minimum atomic E-state index is -0.153. The van der Waals surface area contributed by atoms with E-state index in [4.69, 9.17) is 0 Å². The minimum Gasteiger partial charge on any atom is -0.396 e. The van der Waals surface area contributed by atoms with Gasteiger partial charge in [0.05, 0.1) is 6.61 Å². The second kappa shape index (κ2) is 7.45. The lowest BCUT2D eigenvalue weighted by Gasteiger charge is -2.53. The number of aliphatic hydroxyl groups excluding tert-OH is 1. The molecule has 3 saturated heterocycles. The molecular weight excluding hydrogens is 329 g/mol. The van der Waals surface area contributed by atoms with Crippen LogP contribution in [0.4, 0.5) is 10.1 Å². The second-order valence-corrected chi connectivity index (χ2v) is 8.54. The normalized spacial score (nSPS) is 31.0. The van der Waals surface area contributed by atoms with Crippen LogP contribution in [-0.2, 0) is 0 Å². The van der Waals surface area contributed by atoms with Crippen LogP contribution < -0.4 is 10.2 Å². The van der Waals surface area contributed by atoms with Gasteiger partial charge in [0.25, 0.3) is 0 Å². The summed E-state index contributed by atoms with van der Waals surface area (Å²) in [5, 5.41) is 13.8. The number of aryl methyl sites for hydroxylation is 1. The van der Waals surface area contributed by atoms with Crippen LogP contribution in [0.1, 0.15) is 37.7 Å². The molecule has 0 aliphatic carbocycles. The fraction of sp³-hybridized carbons (Fsp3) is 0.714. The molecule has 3 fully saturated rings. The van der Waals surface area contributed by atoms with Crippen molar-refractivity contribution in [1.29, 1.82) is 0 Å². The van der Waals surface area contributed by atoms with Crippen molar-refractivity contribution in [2.75, 3.05) is 44.2 Å². The van der Waals surface area contributed by atoms with Gasteiger partial charge in [-0.2, -0.15) is 0 Å². The van der Waals surface area contributed by atoms with E-state index in [0.29, 0.717) is 18.7 Å². The SMILES string of the molecule is Cc1cc(F)ccc1N1CCC(N2CC[C@H]3NCCC[C@]3(CO)C2)CC1. The molecule has 4 rings (SSSR count). The summed E-state index contributed by atoms with van der Waals surface area (Å²) in [5.41, 5.74) is 2.25. The summed E-state index contributed by atoms with van der Waals surface area (Å²) in [6.07, 6.45) is 5.77. The Morgan fingerprint density at radius 1 is 1.23 bits per heavy atom. The summed E-state index contributed by atoms with van der Waals surface area (Å²) >= 11 is 0. The minimum absolute atomic E-state index is 0.0567. The largest absolute Gasteiger partial charge is 0.396 e. The highest BCUT2D eigenvalue weighted by molar-refractivity contribution is 5.53. The highest BCUT2D eigenvalue weighted by Crippen LogP contribution is 2.39. The Labute approximate surface area is 156 Å². The molecule has 4 nitrogen and oxygen atoms in total. The molecule has 0 saturated carbocycles. The van der Waals surface area contributed by atoms with E-state index < -0.39 is 0 Å².